The minimum atomic E-state index is -1.82. The molecule has 9 atom stereocenters. The lowest BCUT2D eigenvalue weighted by Crippen LogP contribution is -2.73. The lowest BCUT2D eigenvalue weighted by molar-refractivity contribution is -0.264. The van der Waals surface area contributed by atoms with Crippen LogP contribution in [0, 0.1) is 39.9 Å². The second-order valence-electron chi connectivity index (χ2n) is 12.0. The predicted octanol–water partition coefficient (Wildman–Crippen LogP) is 2.35. The Balaban J connectivity index is 0.000000747. The van der Waals surface area contributed by atoms with Crippen molar-refractivity contribution in [2.75, 3.05) is 18.1 Å². The summed E-state index contributed by atoms with van der Waals surface area (Å²) < 4.78 is 17.4. The van der Waals surface area contributed by atoms with Gasteiger partial charge in [-0.15, -0.1) is 0 Å². The number of thioether (sulfide) groups is 1. The van der Waals surface area contributed by atoms with Gasteiger partial charge >= 0.3 is 17.9 Å². The quantitative estimate of drug-likeness (QED) is 0.323. The largest absolute Gasteiger partial charge is 0.465 e. The summed E-state index contributed by atoms with van der Waals surface area (Å²) in [4.78, 5) is 62.6. The molecule has 2 aliphatic heterocycles. The third kappa shape index (κ3) is 3.96. The molecule has 9 nitrogen and oxygen atoms in total. The zero-order valence-electron chi connectivity index (χ0n) is 22.4. The van der Waals surface area contributed by atoms with Gasteiger partial charge in [0.15, 0.2) is 11.2 Å². The maximum atomic E-state index is 14.2. The molecule has 3 aliphatic carbocycles. The standard InChI is InChI=1S/C24H32O8S.C3H6O/c1-5-33-9-13-12-8-14(26)16-23-10-30-20(28)17(23)22(3,4)7-6-15(23)32-21(29)24(16,18(13)27)19(12)31-11(2)25;1-3(2)4/h12-17,19,26H,5-10H2,1-4H3;1-2H3/t12-,13+,14+,15-,16-,17+,19+,23-,24-;/m0./s1. The number of Topliss-reactive ketones (excluding diaryl/α,β-unsaturated/α-hetero) is 2. The Morgan fingerprint density at radius 1 is 1.16 bits per heavy atom. The summed E-state index contributed by atoms with van der Waals surface area (Å²) in [5.41, 5.74) is -3.30. The first-order valence-electron chi connectivity index (χ1n) is 13.1. The lowest BCUT2D eigenvalue weighted by atomic mass is 9.43. The Labute approximate surface area is 221 Å². The molecule has 0 aromatic carbocycles. The Hall–Kier alpha value is -1.94. The fourth-order valence-electron chi connectivity index (χ4n) is 8.14. The first-order chi connectivity index (χ1) is 17.3. The number of fused-ring (bicyclic) bond motifs is 1. The summed E-state index contributed by atoms with van der Waals surface area (Å²) in [7, 11) is 0. The molecule has 0 radical (unpaired) electrons. The zero-order valence-corrected chi connectivity index (χ0v) is 23.2. The van der Waals surface area contributed by atoms with Gasteiger partial charge < -0.3 is 24.1 Å². The minimum Gasteiger partial charge on any atom is -0.465 e. The molecule has 0 amide bonds. The van der Waals surface area contributed by atoms with Crippen molar-refractivity contribution in [2.45, 2.75) is 79.1 Å². The molecule has 10 heteroatoms. The van der Waals surface area contributed by atoms with E-state index in [4.69, 9.17) is 14.2 Å². The topological polar surface area (TPSA) is 133 Å². The molecule has 2 bridgehead atoms. The molecular formula is C27H38O9S. The Bertz CT molecular complexity index is 1000. The van der Waals surface area contributed by atoms with Crippen LogP contribution in [-0.2, 0) is 38.2 Å². The van der Waals surface area contributed by atoms with E-state index in [0.29, 0.717) is 18.6 Å². The van der Waals surface area contributed by atoms with Crippen LogP contribution in [0.1, 0.15) is 60.8 Å². The van der Waals surface area contributed by atoms with E-state index >= 15 is 0 Å². The van der Waals surface area contributed by atoms with E-state index in [9.17, 15) is 29.1 Å². The summed E-state index contributed by atoms with van der Waals surface area (Å²) in [6.07, 6.45) is -1.25. The molecule has 1 N–H and O–H groups in total. The van der Waals surface area contributed by atoms with Crippen LogP contribution in [0.3, 0.4) is 0 Å². The van der Waals surface area contributed by atoms with Gasteiger partial charge in [-0.1, -0.05) is 20.8 Å². The molecule has 206 valence electrons. The van der Waals surface area contributed by atoms with Gasteiger partial charge in [-0.2, -0.15) is 11.8 Å². The fourth-order valence-corrected chi connectivity index (χ4v) is 9.03. The second kappa shape index (κ2) is 9.67. The van der Waals surface area contributed by atoms with Crippen LogP contribution in [0.15, 0.2) is 0 Å². The summed E-state index contributed by atoms with van der Waals surface area (Å²) >= 11 is 1.58. The fraction of sp³-hybridized carbons (Fsp3) is 0.815. The molecule has 5 aliphatic rings. The first-order valence-corrected chi connectivity index (χ1v) is 14.2. The van der Waals surface area contributed by atoms with Crippen LogP contribution in [0.4, 0.5) is 0 Å². The molecule has 5 fully saturated rings. The minimum absolute atomic E-state index is 0.0134. The van der Waals surface area contributed by atoms with Crippen LogP contribution in [-0.4, -0.2) is 71.0 Å². The number of ether oxygens (including phenoxy) is 3. The zero-order chi connectivity index (χ0) is 27.5. The Kier molecular flexibility index (Phi) is 7.33. The monoisotopic (exact) mass is 538 g/mol. The molecular weight excluding hydrogens is 500 g/mol. The SMILES string of the molecule is CC(C)=O.CCSC[C@H]1C(=O)[C@@]23C(=O)O[C@H]4CCC(C)(C)[C@H]5C(=O)OC[C@@]45[C@@H]2[C@H](O)C[C@@H]1[C@H]3OC(C)=O. The summed E-state index contributed by atoms with van der Waals surface area (Å²) in [6.45, 7) is 10.3. The average molecular weight is 539 g/mol. The van der Waals surface area contributed by atoms with E-state index in [1.54, 1.807) is 11.8 Å². The molecule has 2 heterocycles. The van der Waals surface area contributed by atoms with E-state index in [0.717, 1.165) is 5.75 Å². The van der Waals surface area contributed by atoms with Gasteiger partial charge in [-0.25, -0.2) is 0 Å². The van der Waals surface area contributed by atoms with Crippen LogP contribution < -0.4 is 0 Å². The predicted molar refractivity (Wildman–Crippen MR) is 133 cm³/mol. The normalized spacial score (nSPS) is 42.8. The maximum Gasteiger partial charge on any atom is 0.324 e. The van der Waals surface area contributed by atoms with E-state index in [1.165, 1.54) is 20.8 Å². The number of carbonyl (C=O) groups excluding carboxylic acids is 5. The van der Waals surface area contributed by atoms with Crippen molar-refractivity contribution >= 4 is 41.2 Å². The highest BCUT2D eigenvalue weighted by molar-refractivity contribution is 7.99. The van der Waals surface area contributed by atoms with Crippen molar-refractivity contribution in [1.29, 1.82) is 0 Å². The smallest absolute Gasteiger partial charge is 0.324 e. The number of carbonyl (C=O) groups is 5. The number of hydrogen-bond acceptors (Lipinski definition) is 10. The van der Waals surface area contributed by atoms with Crippen LogP contribution >= 0.6 is 11.8 Å². The van der Waals surface area contributed by atoms with Crippen molar-refractivity contribution in [3.63, 3.8) is 0 Å². The van der Waals surface area contributed by atoms with Gasteiger partial charge in [0.1, 0.15) is 24.6 Å². The van der Waals surface area contributed by atoms with E-state index in [2.05, 4.69) is 0 Å². The molecule has 3 saturated carbocycles. The van der Waals surface area contributed by atoms with Crippen molar-refractivity contribution in [1.82, 2.24) is 0 Å². The Morgan fingerprint density at radius 3 is 2.41 bits per heavy atom. The Morgan fingerprint density at radius 2 is 1.81 bits per heavy atom. The number of hydrogen-bond donors (Lipinski definition) is 1. The summed E-state index contributed by atoms with van der Waals surface area (Å²) in [6, 6.07) is 0. The van der Waals surface area contributed by atoms with Crippen LogP contribution in [0.5, 0.6) is 0 Å². The van der Waals surface area contributed by atoms with E-state index in [-0.39, 0.29) is 30.6 Å². The van der Waals surface area contributed by atoms with E-state index in [1.807, 2.05) is 20.8 Å². The average Bonchev–Trinajstić information content (AvgIpc) is 3.20. The van der Waals surface area contributed by atoms with Gasteiger partial charge in [0.05, 0.1) is 17.4 Å². The molecule has 0 aromatic rings. The molecule has 0 unspecified atom stereocenters. The number of ketones is 2. The third-order valence-corrected chi connectivity index (χ3v) is 10.1. The molecule has 2 saturated heterocycles. The van der Waals surface area contributed by atoms with Crippen molar-refractivity contribution in [2.24, 2.45) is 39.9 Å². The first kappa shape index (κ1) is 28.1. The summed E-state index contributed by atoms with van der Waals surface area (Å²) in [5.74, 6) is -3.09. The number of rotatable bonds is 4. The van der Waals surface area contributed by atoms with Crippen molar-refractivity contribution < 1.29 is 43.3 Å². The number of aliphatic hydroxyl groups is 1. The number of esters is 3. The van der Waals surface area contributed by atoms with Crippen molar-refractivity contribution in [3.05, 3.63) is 0 Å². The van der Waals surface area contributed by atoms with Crippen LogP contribution in [0.25, 0.3) is 0 Å². The van der Waals surface area contributed by atoms with Crippen molar-refractivity contribution in [3.8, 4) is 0 Å². The second-order valence-corrected chi connectivity index (χ2v) is 13.3. The van der Waals surface area contributed by atoms with Gasteiger partial charge in [0.2, 0.25) is 0 Å². The lowest BCUT2D eigenvalue weighted by Gasteiger charge is -2.62. The van der Waals surface area contributed by atoms with Gasteiger partial charge in [-0.3, -0.25) is 19.2 Å². The summed E-state index contributed by atoms with van der Waals surface area (Å²) in [5, 5.41) is 11.6. The molecule has 37 heavy (non-hydrogen) atoms. The van der Waals surface area contributed by atoms with Crippen LogP contribution in [0.2, 0.25) is 0 Å². The number of aliphatic hydroxyl groups excluding tert-OH is 1. The third-order valence-electron chi connectivity index (χ3n) is 9.12. The highest BCUT2D eigenvalue weighted by Crippen LogP contribution is 2.71. The van der Waals surface area contributed by atoms with Gasteiger partial charge in [-0.05, 0) is 44.3 Å². The van der Waals surface area contributed by atoms with E-state index < -0.39 is 70.2 Å². The maximum absolute atomic E-state index is 14.2. The molecule has 0 aromatic heterocycles. The highest BCUT2D eigenvalue weighted by Gasteiger charge is 2.84. The number of cyclic esters (lactones) is 1. The molecule has 2 spiro atoms. The van der Waals surface area contributed by atoms with Gasteiger partial charge in [0, 0.05) is 30.4 Å². The van der Waals surface area contributed by atoms with Gasteiger partial charge in [0.25, 0.3) is 0 Å². The molecule has 5 rings (SSSR count). The highest BCUT2D eigenvalue weighted by atomic mass is 32.2.